The van der Waals surface area contributed by atoms with Crippen LogP contribution in [0.1, 0.15) is 33.0 Å². The Kier molecular flexibility index (Phi) is 6.43. The van der Waals surface area contributed by atoms with Gasteiger partial charge in [0.05, 0.1) is 9.75 Å². The Balaban J connectivity index is 1.10. The van der Waals surface area contributed by atoms with Gasteiger partial charge in [-0.1, -0.05) is 48.3 Å². The molecule has 0 unspecified atom stereocenters. The minimum absolute atomic E-state index is 0.0915. The molecule has 3 heterocycles. The standard InChI is InChI=1S/C27H27N3O2S/c31-26(22-9-5-2-6-10-22)29-17-15-28(16-18-29)23-19-30(20-23)27(32)25-14-13-24(33-25)12-11-21-7-3-1-4-8-21/h1,3-5,7-10,13-14,23H,2,6,15-20H2. The second-order valence-electron chi connectivity index (χ2n) is 8.61. The fraction of sp³-hybridized carbons (Fsp3) is 0.333. The van der Waals surface area contributed by atoms with Gasteiger partial charge < -0.3 is 9.80 Å². The molecule has 0 saturated carbocycles. The third kappa shape index (κ3) is 4.95. The summed E-state index contributed by atoms with van der Waals surface area (Å²) in [5, 5.41) is 0. The van der Waals surface area contributed by atoms with E-state index in [0.717, 1.165) is 73.0 Å². The molecule has 0 radical (unpaired) electrons. The molecule has 2 aliphatic heterocycles. The second-order valence-corrected chi connectivity index (χ2v) is 9.70. The van der Waals surface area contributed by atoms with Gasteiger partial charge in [0, 0.05) is 56.4 Å². The third-order valence-corrected chi connectivity index (χ3v) is 7.42. The van der Waals surface area contributed by atoms with E-state index in [4.69, 9.17) is 0 Å². The van der Waals surface area contributed by atoms with Crippen molar-refractivity contribution in [2.24, 2.45) is 0 Å². The molecule has 0 atom stereocenters. The maximum Gasteiger partial charge on any atom is 0.264 e. The first-order chi connectivity index (χ1) is 16.2. The smallest absolute Gasteiger partial charge is 0.264 e. The van der Waals surface area contributed by atoms with Gasteiger partial charge in [-0.3, -0.25) is 14.5 Å². The van der Waals surface area contributed by atoms with E-state index in [0.29, 0.717) is 6.04 Å². The highest BCUT2D eigenvalue weighted by molar-refractivity contribution is 7.14. The summed E-state index contributed by atoms with van der Waals surface area (Å²) in [6, 6.07) is 14.1. The molecular formula is C27H27N3O2S. The van der Waals surface area contributed by atoms with Crippen molar-refractivity contribution in [3.8, 4) is 11.8 Å². The second kappa shape index (κ2) is 9.78. The van der Waals surface area contributed by atoms with Crippen LogP contribution >= 0.6 is 11.3 Å². The first-order valence-corrected chi connectivity index (χ1v) is 12.4. The van der Waals surface area contributed by atoms with Crippen LogP contribution in [0.2, 0.25) is 0 Å². The monoisotopic (exact) mass is 457 g/mol. The summed E-state index contributed by atoms with van der Waals surface area (Å²) in [7, 11) is 0. The molecule has 33 heavy (non-hydrogen) atoms. The predicted octanol–water partition coefficient (Wildman–Crippen LogP) is 3.39. The molecule has 6 heteroatoms. The van der Waals surface area contributed by atoms with Crippen LogP contribution < -0.4 is 0 Å². The molecule has 1 aromatic carbocycles. The summed E-state index contributed by atoms with van der Waals surface area (Å²) in [5.41, 5.74) is 1.80. The summed E-state index contributed by atoms with van der Waals surface area (Å²) in [4.78, 5) is 33.5. The lowest BCUT2D eigenvalue weighted by Gasteiger charge is -2.48. The molecule has 0 N–H and O–H groups in total. The van der Waals surface area contributed by atoms with E-state index >= 15 is 0 Å². The van der Waals surface area contributed by atoms with Gasteiger partial charge in [0.2, 0.25) is 0 Å². The quantitative estimate of drug-likeness (QED) is 0.664. The van der Waals surface area contributed by atoms with E-state index in [1.54, 1.807) is 0 Å². The number of nitrogens with zero attached hydrogens (tertiary/aromatic N) is 3. The third-order valence-electron chi connectivity index (χ3n) is 6.43. The van der Waals surface area contributed by atoms with E-state index in [-0.39, 0.29) is 11.8 Å². The molecular weight excluding hydrogens is 430 g/mol. The van der Waals surface area contributed by atoms with Crippen molar-refractivity contribution in [1.29, 1.82) is 0 Å². The Bertz CT molecular complexity index is 1140. The molecule has 0 bridgehead atoms. The minimum atomic E-state index is 0.0915. The molecule has 2 amide bonds. The SMILES string of the molecule is O=C(C1=CCCC=C1)N1CCN(C2CN(C(=O)c3ccc(C#Cc4ccccc4)s3)C2)CC1. The lowest BCUT2D eigenvalue weighted by molar-refractivity contribution is -0.129. The van der Waals surface area contributed by atoms with Crippen LogP contribution in [0, 0.1) is 11.8 Å². The Hall–Kier alpha value is -3.14. The minimum Gasteiger partial charge on any atom is -0.336 e. The average Bonchev–Trinajstić information content (AvgIpc) is 3.32. The number of hydrogen-bond acceptors (Lipinski definition) is 4. The highest BCUT2D eigenvalue weighted by atomic mass is 32.1. The summed E-state index contributed by atoms with van der Waals surface area (Å²) in [6.07, 6.45) is 8.06. The zero-order chi connectivity index (χ0) is 22.6. The molecule has 3 aliphatic rings. The van der Waals surface area contributed by atoms with Gasteiger partial charge in [-0.25, -0.2) is 0 Å². The maximum absolute atomic E-state index is 12.9. The number of rotatable bonds is 3. The van der Waals surface area contributed by atoms with Crippen LogP contribution in [-0.4, -0.2) is 71.8 Å². The molecule has 168 valence electrons. The zero-order valence-electron chi connectivity index (χ0n) is 18.6. The van der Waals surface area contributed by atoms with Crippen LogP contribution in [0.5, 0.6) is 0 Å². The summed E-state index contributed by atoms with van der Waals surface area (Å²) in [5.74, 6) is 6.55. The number of carbonyl (C=O) groups excluding carboxylic acids is 2. The van der Waals surface area contributed by atoms with Crippen molar-refractivity contribution in [3.63, 3.8) is 0 Å². The zero-order valence-corrected chi connectivity index (χ0v) is 19.4. The summed E-state index contributed by atoms with van der Waals surface area (Å²) >= 11 is 1.46. The van der Waals surface area contributed by atoms with Gasteiger partial charge in [-0.05, 0) is 37.1 Å². The van der Waals surface area contributed by atoms with Crippen molar-refractivity contribution >= 4 is 23.2 Å². The number of carbonyl (C=O) groups is 2. The molecule has 5 nitrogen and oxygen atoms in total. The van der Waals surface area contributed by atoms with Gasteiger partial charge in [0.25, 0.3) is 11.8 Å². The van der Waals surface area contributed by atoms with Crippen LogP contribution in [-0.2, 0) is 4.79 Å². The summed E-state index contributed by atoms with van der Waals surface area (Å²) < 4.78 is 0. The Morgan fingerprint density at radius 3 is 2.36 bits per heavy atom. The van der Waals surface area contributed by atoms with Gasteiger partial charge in [-0.2, -0.15) is 0 Å². The fourth-order valence-corrected chi connectivity index (χ4v) is 5.26. The highest BCUT2D eigenvalue weighted by Crippen LogP contribution is 2.24. The maximum atomic E-state index is 12.9. The molecule has 2 fully saturated rings. The van der Waals surface area contributed by atoms with Gasteiger partial charge >= 0.3 is 0 Å². The number of thiophene rings is 1. The number of benzene rings is 1. The first kappa shape index (κ1) is 21.7. The van der Waals surface area contributed by atoms with Crippen LogP contribution in [0.4, 0.5) is 0 Å². The molecule has 1 aliphatic carbocycles. The molecule has 2 aromatic rings. The van der Waals surface area contributed by atoms with E-state index in [1.165, 1.54) is 11.3 Å². The molecule has 0 spiro atoms. The number of allylic oxidation sites excluding steroid dienone is 2. The van der Waals surface area contributed by atoms with Crippen molar-refractivity contribution < 1.29 is 9.59 Å². The van der Waals surface area contributed by atoms with E-state index in [9.17, 15) is 9.59 Å². The van der Waals surface area contributed by atoms with E-state index in [2.05, 4.69) is 22.8 Å². The van der Waals surface area contributed by atoms with Crippen LogP contribution in [0.25, 0.3) is 0 Å². The predicted molar refractivity (Wildman–Crippen MR) is 131 cm³/mol. The van der Waals surface area contributed by atoms with E-state index in [1.807, 2.05) is 64.4 Å². The molecule has 1 aromatic heterocycles. The van der Waals surface area contributed by atoms with Crippen molar-refractivity contribution in [1.82, 2.24) is 14.7 Å². The van der Waals surface area contributed by atoms with E-state index < -0.39 is 0 Å². The van der Waals surface area contributed by atoms with Crippen LogP contribution in [0.15, 0.2) is 66.3 Å². The number of piperazine rings is 1. The topological polar surface area (TPSA) is 43.9 Å². The lowest BCUT2D eigenvalue weighted by Crippen LogP contribution is -2.64. The van der Waals surface area contributed by atoms with Gasteiger partial charge in [0.15, 0.2) is 0 Å². The highest BCUT2D eigenvalue weighted by Gasteiger charge is 2.37. The van der Waals surface area contributed by atoms with Crippen molar-refractivity contribution in [2.45, 2.75) is 18.9 Å². The van der Waals surface area contributed by atoms with Crippen molar-refractivity contribution in [2.75, 3.05) is 39.3 Å². The molecule has 5 rings (SSSR count). The normalized spacial score (nSPS) is 18.8. The first-order valence-electron chi connectivity index (χ1n) is 11.5. The Labute approximate surface area is 199 Å². The Morgan fingerprint density at radius 1 is 0.848 bits per heavy atom. The van der Waals surface area contributed by atoms with Gasteiger partial charge in [0.1, 0.15) is 0 Å². The largest absolute Gasteiger partial charge is 0.336 e. The van der Waals surface area contributed by atoms with Crippen LogP contribution in [0.3, 0.4) is 0 Å². The Morgan fingerprint density at radius 2 is 1.64 bits per heavy atom. The van der Waals surface area contributed by atoms with Crippen molar-refractivity contribution in [3.05, 3.63) is 81.6 Å². The number of likely N-dealkylation sites (tertiary alicyclic amines) is 1. The fourth-order valence-electron chi connectivity index (χ4n) is 4.43. The average molecular weight is 458 g/mol. The number of amides is 2. The number of hydrogen-bond donors (Lipinski definition) is 0. The van der Waals surface area contributed by atoms with Gasteiger partial charge in [-0.15, -0.1) is 11.3 Å². The lowest BCUT2D eigenvalue weighted by atomic mass is 10.0. The molecule has 2 saturated heterocycles. The summed E-state index contributed by atoms with van der Waals surface area (Å²) in [6.45, 7) is 4.75.